The summed E-state index contributed by atoms with van der Waals surface area (Å²) >= 11 is 0. The Morgan fingerprint density at radius 3 is 2.75 bits per heavy atom. The van der Waals surface area contributed by atoms with Crippen LogP contribution in [0.4, 0.5) is 11.6 Å². The van der Waals surface area contributed by atoms with Crippen molar-refractivity contribution >= 4 is 11.6 Å². The lowest BCUT2D eigenvalue weighted by atomic mass is 10.3. The van der Waals surface area contributed by atoms with Gasteiger partial charge in [-0.3, -0.25) is 0 Å². The van der Waals surface area contributed by atoms with Crippen molar-refractivity contribution in [3.05, 3.63) is 11.9 Å². The quantitative estimate of drug-likeness (QED) is 0.778. The molecule has 1 aromatic heterocycles. The molecule has 88 valence electrons. The second-order valence-corrected chi connectivity index (χ2v) is 3.87. The number of nitrogens with zero attached hydrogens (tertiary/aromatic N) is 3. The summed E-state index contributed by atoms with van der Waals surface area (Å²) in [5, 5.41) is 6.43. The van der Waals surface area contributed by atoms with Crippen molar-refractivity contribution < 1.29 is 0 Å². The summed E-state index contributed by atoms with van der Waals surface area (Å²) in [6, 6.07) is 2.02. The van der Waals surface area contributed by atoms with Crippen LogP contribution in [0.15, 0.2) is 6.07 Å². The van der Waals surface area contributed by atoms with E-state index in [2.05, 4.69) is 32.4 Å². The van der Waals surface area contributed by atoms with Crippen LogP contribution in [-0.2, 0) is 6.42 Å². The Morgan fingerprint density at radius 1 is 1.38 bits per heavy atom. The van der Waals surface area contributed by atoms with Crippen molar-refractivity contribution in [1.29, 1.82) is 0 Å². The van der Waals surface area contributed by atoms with Crippen LogP contribution in [0.25, 0.3) is 0 Å². The molecule has 0 aliphatic carbocycles. The molecule has 1 aromatic rings. The molecule has 0 spiro atoms. The van der Waals surface area contributed by atoms with Gasteiger partial charge in [0, 0.05) is 45.7 Å². The van der Waals surface area contributed by atoms with E-state index < -0.39 is 0 Å². The Labute approximate surface area is 96.3 Å². The van der Waals surface area contributed by atoms with Crippen LogP contribution in [0.3, 0.4) is 0 Å². The minimum absolute atomic E-state index is 0.870. The minimum Gasteiger partial charge on any atom is -0.373 e. The molecule has 0 atom stereocenters. The third-order valence-electron chi connectivity index (χ3n) is 2.77. The van der Waals surface area contributed by atoms with Crippen LogP contribution in [-0.4, -0.2) is 43.2 Å². The monoisotopic (exact) mass is 221 g/mol. The van der Waals surface area contributed by atoms with Gasteiger partial charge in [0.25, 0.3) is 0 Å². The molecule has 1 fully saturated rings. The van der Waals surface area contributed by atoms with Gasteiger partial charge >= 0.3 is 0 Å². The van der Waals surface area contributed by atoms with Gasteiger partial charge in [-0.1, -0.05) is 6.92 Å². The van der Waals surface area contributed by atoms with E-state index in [4.69, 9.17) is 0 Å². The highest BCUT2D eigenvalue weighted by Gasteiger charge is 2.13. The Balaban J connectivity index is 2.24. The van der Waals surface area contributed by atoms with E-state index in [1.807, 2.05) is 13.1 Å². The molecule has 0 radical (unpaired) electrons. The van der Waals surface area contributed by atoms with Crippen molar-refractivity contribution in [2.75, 3.05) is 43.4 Å². The van der Waals surface area contributed by atoms with Crippen LogP contribution < -0.4 is 15.5 Å². The molecule has 2 rings (SSSR count). The first-order valence-corrected chi connectivity index (χ1v) is 5.85. The number of hydrogen-bond donors (Lipinski definition) is 2. The van der Waals surface area contributed by atoms with Crippen molar-refractivity contribution in [2.45, 2.75) is 13.3 Å². The molecular formula is C11H19N5. The average molecular weight is 221 g/mol. The zero-order chi connectivity index (χ0) is 11.4. The van der Waals surface area contributed by atoms with Gasteiger partial charge in [0.2, 0.25) is 0 Å². The largest absolute Gasteiger partial charge is 0.373 e. The number of piperazine rings is 1. The number of anilines is 2. The second kappa shape index (κ2) is 5.12. The Morgan fingerprint density at radius 2 is 2.12 bits per heavy atom. The van der Waals surface area contributed by atoms with E-state index in [0.29, 0.717) is 0 Å². The maximum absolute atomic E-state index is 4.57. The summed E-state index contributed by atoms with van der Waals surface area (Å²) in [6.45, 7) is 6.17. The Hall–Kier alpha value is -1.36. The third kappa shape index (κ3) is 2.41. The number of aryl methyl sites for hydroxylation is 1. The number of rotatable bonds is 3. The van der Waals surface area contributed by atoms with Gasteiger partial charge in [-0.2, -0.15) is 0 Å². The van der Waals surface area contributed by atoms with Gasteiger partial charge in [0.1, 0.15) is 17.5 Å². The fourth-order valence-electron chi connectivity index (χ4n) is 1.83. The molecule has 2 N–H and O–H groups in total. The summed E-state index contributed by atoms with van der Waals surface area (Å²) in [5.74, 6) is 2.85. The predicted molar refractivity (Wildman–Crippen MR) is 66.0 cm³/mol. The fraction of sp³-hybridized carbons (Fsp3) is 0.636. The van der Waals surface area contributed by atoms with Crippen molar-refractivity contribution in [1.82, 2.24) is 15.3 Å². The molecule has 2 heterocycles. The topological polar surface area (TPSA) is 53.1 Å². The molecule has 1 aliphatic rings. The molecule has 1 saturated heterocycles. The van der Waals surface area contributed by atoms with Crippen LogP contribution in [0.1, 0.15) is 12.7 Å². The summed E-state index contributed by atoms with van der Waals surface area (Å²) in [6.07, 6.45) is 0.870. The number of hydrogen-bond acceptors (Lipinski definition) is 5. The van der Waals surface area contributed by atoms with Crippen LogP contribution in [0.2, 0.25) is 0 Å². The molecule has 0 bridgehead atoms. The highest BCUT2D eigenvalue weighted by molar-refractivity contribution is 5.49. The Kier molecular flexibility index (Phi) is 3.56. The van der Waals surface area contributed by atoms with Gasteiger partial charge in [-0.15, -0.1) is 0 Å². The SMILES string of the molecule is CCc1nc(NC)cc(N2CCNCC2)n1. The molecule has 5 heteroatoms. The minimum atomic E-state index is 0.870. The second-order valence-electron chi connectivity index (χ2n) is 3.87. The van der Waals surface area contributed by atoms with Gasteiger partial charge in [-0.25, -0.2) is 9.97 Å². The van der Waals surface area contributed by atoms with Gasteiger partial charge < -0.3 is 15.5 Å². The first-order valence-electron chi connectivity index (χ1n) is 5.85. The van der Waals surface area contributed by atoms with E-state index in [1.165, 1.54) is 0 Å². The summed E-state index contributed by atoms with van der Waals surface area (Å²) in [5.41, 5.74) is 0. The molecule has 16 heavy (non-hydrogen) atoms. The van der Waals surface area contributed by atoms with Gasteiger partial charge in [0.15, 0.2) is 0 Å². The van der Waals surface area contributed by atoms with Crippen LogP contribution >= 0.6 is 0 Å². The number of aromatic nitrogens is 2. The van der Waals surface area contributed by atoms with Crippen LogP contribution in [0.5, 0.6) is 0 Å². The molecule has 5 nitrogen and oxygen atoms in total. The first kappa shape index (κ1) is 11.1. The summed E-state index contributed by atoms with van der Waals surface area (Å²) < 4.78 is 0. The summed E-state index contributed by atoms with van der Waals surface area (Å²) in [4.78, 5) is 11.3. The normalized spacial score (nSPS) is 16.2. The van der Waals surface area contributed by atoms with Crippen LogP contribution in [0, 0.1) is 0 Å². The first-order chi connectivity index (χ1) is 7.83. The van der Waals surface area contributed by atoms with E-state index in [1.54, 1.807) is 0 Å². The highest BCUT2D eigenvalue weighted by atomic mass is 15.2. The van der Waals surface area contributed by atoms with E-state index in [-0.39, 0.29) is 0 Å². The lowest BCUT2D eigenvalue weighted by Gasteiger charge is -2.28. The smallest absolute Gasteiger partial charge is 0.134 e. The molecule has 0 saturated carbocycles. The Bertz CT molecular complexity index is 324. The zero-order valence-electron chi connectivity index (χ0n) is 9.95. The zero-order valence-corrected chi connectivity index (χ0v) is 9.95. The molecular weight excluding hydrogens is 202 g/mol. The lowest BCUT2D eigenvalue weighted by molar-refractivity contribution is 0.583. The summed E-state index contributed by atoms with van der Waals surface area (Å²) in [7, 11) is 1.89. The highest BCUT2D eigenvalue weighted by Crippen LogP contribution is 2.16. The standard InChI is InChI=1S/C11H19N5/c1-3-9-14-10(12-2)8-11(15-9)16-6-4-13-5-7-16/h8,13H,3-7H2,1-2H3,(H,12,14,15). The van der Waals surface area contributed by atoms with E-state index >= 15 is 0 Å². The maximum Gasteiger partial charge on any atom is 0.134 e. The van der Waals surface area contributed by atoms with Crippen molar-refractivity contribution in [3.63, 3.8) is 0 Å². The molecule has 1 aliphatic heterocycles. The van der Waals surface area contributed by atoms with Crippen molar-refractivity contribution in [2.24, 2.45) is 0 Å². The van der Waals surface area contributed by atoms with Crippen molar-refractivity contribution in [3.8, 4) is 0 Å². The van der Waals surface area contributed by atoms with E-state index in [9.17, 15) is 0 Å². The average Bonchev–Trinajstić information content (AvgIpc) is 2.39. The fourth-order valence-corrected chi connectivity index (χ4v) is 1.83. The predicted octanol–water partition coefficient (Wildman–Crippen LogP) is 0.490. The molecule has 0 aromatic carbocycles. The lowest BCUT2D eigenvalue weighted by Crippen LogP contribution is -2.44. The maximum atomic E-state index is 4.57. The third-order valence-corrected chi connectivity index (χ3v) is 2.77. The number of nitrogens with one attached hydrogen (secondary N) is 2. The van der Waals surface area contributed by atoms with Gasteiger partial charge in [-0.05, 0) is 0 Å². The van der Waals surface area contributed by atoms with Gasteiger partial charge in [0.05, 0.1) is 0 Å². The molecule has 0 amide bonds. The van der Waals surface area contributed by atoms with E-state index in [0.717, 1.165) is 50.1 Å². The molecule has 0 unspecified atom stereocenters.